The summed E-state index contributed by atoms with van der Waals surface area (Å²) >= 11 is 1.40. The highest BCUT2D eigenvalue weighted by Crippen LogP contribution is 2.35. The van der Waals surface area contributed by atoms with E-state index in [4.69, 9.17) is 9.47 Å². The van der Waals surface area contributed by atoms with Crippen molar-refractivity contribution in [3.8, 4) is 5.88 Å². The van der Waals surface area contributed by atoms with Crippen molar-refractivity contribution in [1.82, 2.24) is 15.3 Å². The number of carbonyl (C=O) groups is 1. The SMILES string of the molecule is CCC1CCC(NC(=O)c2sc3nc(COC)nc(OC)c3c2C)CC1. The maximum absolute atomic E-state index is 12.9. The molecule has 7 heteroatoms. The fraction of sp³-hybridized carbons (Fsp3) is 0.632. The number of amides is 1. The van der Waals surface area contributed by atoms with Crippen LogP contribution in [-0.2, 0) is 11.3 Å². The van der Waals surface area contributed by atoms with Crippen LogP contribution in [0.4, 0.5) is 0 Å². The van der Waals surface area contributed by atoms with Gasteiger partial charge in [-0.3, -0.25) is 4.79 Å². The molecule has 2 heterocycles. The summed E-state index contributed by atoms with van der Waals surface area (Å²) in [5.74, 6) is 1.86. The standard InChI is InChI=1S/C19H27N3O3S/c1-5-12-6-8-13(9-7-12)20-17(23)16-11(2)15-18(25-4)21-14(10-24-3)22-19(15)26-16/h12-13H,5-10H2,1-4H3,(H,20,23). The number of methoxy groups -OCH3 is 2. The number of thiophene rings is 1. The van der Waals surface area contributed by atoms with Gasteiger partial charge in [0.1, 0.15) is 11.4 Å². The Hall–Kier alpha value is -1.73. The van der Waals surface area contributed by atoms with Crippen molar-refractivity contribution in [3.63, 3.8) is 0 Å². The fourth-order valence-electron chi connectivity index (χ4n) is 3.67. The van der Waals surface area contributed by atoms with Crippen LogP contribution in [0, 0.1) is 12.8 Å². The third kappa shape index (κ3) is 3.83. The molecule has 142 valence electrons. The average molecular weight is 378 g/mol. The maximum atomic E-state index is 12.9. The van der Waals surface area contributed by atoms with E-state index < -0.39 is 0 Å². The van der Waals surface area contributed by atoms with E-state index >= 15 is 0 Å². The second kappa shape index (κ2) is 8.31. The van der Waals surface area contributed by atoms with Crippen LogP contribution >= 0.6 is 11.3 Å². The third-order valence-corrected chi connectivity index (χ3v) is 6.42. The first-order valence-electron chi connectivity index (χ1n) is 9.21. The Labute approximate surface area is 158 Å². The Morgan fingerprint density at radius 2 is 1.96 bits per heavy atom. The fourth-order valence-corrected chi connectivity index (χ4v) is 4.76. The number of ether oxygens (including phenoxy) is 2. The van der Waals surface area contributed by atoms with Crippen molar-refractivity contribution in [1.29, 1.82) is 0 Å². The van der Waals surface area contributed by atoms with Crippen LogP contribution in [0.5, 0.6) is 5.88 Å². The van der Waals surface area contributed by atoms with E-state index in [-0.39, 0.29) is 11.9 Å². The first kappa shape index (κ1) is 19.0. The van der Waals surface area contributed by atoms with Gasteiger partial charge in [-0.1, -0.05) is 13.3 Å². The number of fused-ring (bicyclic) bond motifs is 1. The predicted octanol–water partition coefficient (Wildman–Crippen LogP) is 3.85. The van der Waals surface area contributed by atoms with Gasteiger partial charge >= 0.3 is 0 Å². The molecular formula is C19H27N3O3S. The number of hydrogen-bond donors (Lipinski definition) is 1. The molecule has 3 rings (SSSR count). The minimum Gasteiger partial charge on any atom is -0.480 e. The molecule has 0 aliphatic heterocycles. The second-order valence-electron chi connectivity index (χ2n) is 6.92. The molecule has 0 bridgehead atoms. The highest BCUT2D eigenvalue weighted by Gasteiger charge is 2.25. The Morgan fingerprint density at radius 1 is 1.23 bits per heavy atom. The summed E-state index contributed by atoms with van der Waals surface area (Å²) in [6, 6.07) is 0.270. The number of nitrogens with zero attached hydrogens (tertiary/aromatic N) is 2. The molecular weight excluding hydrogens is 350 g/mol. The Kier molecular flexibility index (Phi) is 6.09. The second-order valence-corrected chi connectivity index (χ2v) is 7.92. The highest BCUT2D eigenvalue weighted by atomic mass is 32.1. The molecule has 1 fully saturated rings. The molecule has 1 saturated carbocycles. The molecule has 0 atom stereocenters. The van der Waals surface area contributed by atoms with Gasteiger partial charge in [0.25, 0.3) is 5.91 Å². The van der Waals surface area contributed by atoms with Gasteiger partial charge in [-0.05, 0) is 44.1 Å². The molecule has 1 amide bonds. The van der Waals surface area contributed by atoms with Crippen LogP contribution in [0.1, 0.15) is 60.1 Å². The van der Waals surface area contributed by atoms with E-state index in [2.05, 4.69) is 22.2 Å². The van der Waals surface area contributed by atoms with E-state index in [1.165, 1.54) is 30.6 Å². The minimum atomic E-state index is -0.0132. The van der Waals surface area contributed by atoms with Crippen molar-refractivity contribution in [2.24, 2.45) is 5.92 Å². The molecule has 26 heavy (non-hydrogen) atoms. The number of nitrogens with one attached hydrogen (secondary N) is 1. The zero-order chi connectivity index (χ0) is 18.7. The third-order valence-electron chi connectivity index (χ3n) is 5.24. The first-order chi connectivity index (χ1) is 12.6. The van der Waals surface area contributed by atoms with Gasteiger partial charge in [-0.25, -0.2) is 4.98 Å². The van der Waals surface area contributed by atoms with Crippen LogP contribution in [0.15, 0.2) is 0 Å². The molecule has 0 aromatic carbocycles. The summed E-state index contributed by atoms with van der Waals surface area (Å²) < 4.78 is 10.6. The summed E-state index contributed by atoms with van der Waals surface area (Å²) in [6.45, 7) is 4.49. The van der Waals surface area contributed by atoms with Gasteiger partial charge in [0, 0.05) is 13.2 Å². The summed E-state index contributed by atoms with van der Waals surface area (Å²) in [5.41, 5.74) is 0.880. The first-order valence-corrected chi connectivity index (χ1v) is 10.0. The average Bonchev–Trinajstić information content (AvgIpc) is 2.99. The molecule has 1 N–H and O–H groups in total. The smallest absolute Gasteiger partial charge is 0.261 e. The molecule has 0 unspecified atom stereocenters. The normalized spacial score (nSPS) is 20.3. The zero-order valence-electron chi connectivity index (χ0n) is 15.9. The van der Waals surface area contributed by atoms with Crippen molar-refractivity contribution < 1.29 is 14.3 Å². The van der Waals surface area contributed by atoms with Crippen LogP contribution in [0.2, 0.25) is 0 Å². The lowest BCUT2D eigenvalue weighted by Gasteiger charge is -2.28. The molecule has 1 aliphatic rings. The summed E-state index contributed by atoms with van der Waals surface area (Å²) in [5, 5.41) is 4.03. The molecule has 0 spiro atoms. The molecule has 2 aromatic rings. The lowest BCUT2D eigenvalue weighted by atomic mass is 9.84. The monoisotopic (exact) mass is 377 g/mol. The van der Waals surface area contributed by atoms with Crippen LogP contribution in [0.25, 0.3) is 10.2 Å². The molecule has 0 radical (unpaired) electrons. The van der Waals surface area contributed by atoms with E-state index in [0.717, 1.165) is 34.5 Å². The topological polar surface area (TPSA) is 73.3 Å². The Balaban J connectivity index is 1.83. The van der Waals surface area contributed by atoms with E-state index in [1.807, 2.05) is 6.92 Å². The van der Waals surface area contributed by atoms with Crippen molar-refractivity contribution >= 4 is 27.5 Å². The predicted molar refractivity (Wildman–Crippen MR) is 103 cm³/mol. The van der Waals surface area contributed by atoms with E-state index in [0.29, 0.717) is 23.2 Å². The van der Waals surface area contributed by atoms with Crippen molar-refractivity contribution in [2.75, 3.05) is 14.2 Å². The molecule has 6 nitrogen and oxygen atoms in total. The largest absolute Gasteiger partial charge is 0.480 e. The quantitative estimate of drug-likeness (QED) is 0.828. The number of hydrogen-bond acceptors (Lipinski definition) is 6. The van der Waals surface area contributed by atoms with Gasteiger partial charge in [-0.15, -0.1) is 11.3 Å². The molecule has 1 aliphatic carbocycles. The van der Waals surface area contributed by atoms with Crippen molar-refractivity contribution in [2.45, 2.75) is 58.6 Å². The Bertz CT molecular complexity index is 782. The molecule has 0 saturated heterocycles. The lowest BCUT2D eigenvalue weighted by Crippen LogP contribution is -2.37. The number of aromatic nitrogens is 2. The van der Waals surface area contributed by atoms with Crippen LogP contribution in [-0.4, -0.2) is 36.1 Å². The Morgan fingerprint density at radius 3 is 2.58 bits per heavy atom. The summed E-state index contributed by atoms with van der Waals surface area (Å²) in [6.07, 6.45) is 5.77. The summed E-state index contributed by atoms with van der Waals surface area (Å²) in [7, 11) is 3.19. The lowest BCUT2D eigenvalue weighted by molar-refractivity contribution is 0.0925. The molecule has 2 aromatic heterocycles. The maximum Gasteiger partial charge on any atom is 0.261 e. The van der Waals surface area contributed by atoms with E-state index in [9.17, 15) is 4.79 Å². The number of aryl methyl sites for hydroxylation is 1. The van der Waals surface area contributed by atoms with Gasteiger partial charge < -0.3 is 14.8 Å². The van der Waals surface area contributed by atoms with Gasteiger partial charge in [0.2, 0.25) is 5.88 Å². The van der Waals surface area contributed by atoms with Gasteiger partial charge in [-0.2, -0.15) is 4.98 Å². The van der Waals surface area contributed by atoms with Gasteiger partial charge in [0.15, 0.2) is 5.82 Å². The number of carbonyl (C=O) groups excluding carboxylic acids is 1. The van der Waals surface area contributed by atoms with E-state index in [1.54, 1.807) is 14.2 Å². The van der Waals surface area contributed by atoms with Crippen molar-refractivity contribution in [3.05, 3.63) is 16.3 Å². The van der Waals surface area contributed by atoms with Crippen LogP contribution in [0.3, 0.4) is 0 Å². The number of rotatable bonds is 6. The minimum absolute atomic E-state index is 0.0132. The highest BCUT2D eigenvalue weighted by molar-refractivity contribution is 7.20. The summed E-state index contributed by atoms with van der Waals surface area (Å²) in [4.78, 5) is 23.2. The van der Waals surface area contributed by atoms with Gasteiger partial charge in [0.05, 0.1) is 17.4 Å². The zero-order valence-corrected chi connectivity index (χ0v) is 16.7. The van der Waals surface area contributed by atoms with Crippen LogP contribution < -0.4 is 10.1 Å².